The van der Waals surface area contributed by atoms with Crippen LogP contribution in [0.1, 0.15) is 12.8 Å². The van der Waals surface area contributed by atoms with Crippen LogP contribution in [0.4, 0.5) is 15.0 Å². The summed E-state index contributed by atoms with van der Waals surface area (Å²) in [5, 5.41) is 6.58. The molecule has 1 aromatic heterocycles. The van der Waals surface area contributed by atoms with Gasteiger partial charge in [-0.1, -0.05) is 0 Å². The highest BCUT2D eigenvalue weighted by atomic mass is 79.9. The summed E-state index contributed by atoms with van der Waals surface area (Å²) in [7, 11) is 0. The Bertz CT molecular complexity index is 842. The van der Waals surface area contributed by atoms with Gasteiger partial charge in [-0.15, -0.1) is 0 Å². The van der Waals surface area contributed by atoms with Gasteiger partial charge in [0.1, 0.15) is 11.3 Å². The molecule has 4 rings (SSSR count). The smallest absolute Gasteiger partial charge is 0.323 e. The highest BCUT2D eigenvalue weighted by Gasteiger charge is 2.48. The lowest BCUT2D eigenvalue weighted by molar-refractivity contribution is 0.248. The molecule has 0 aliphatic carbocycles. The van der Waals surface area contributed by atoms with Gasteiger partial charge in [-0.3, -0.25) is 4.90 Å². The highest BCUT2D eigenvalue weighted by molar-refractivity contribution is 9.10. The van der Waals surface area contributed by atoms with Crippen molar-refractivity contribution < 1.29 is 9.18 Å². The molecule has 6 nitrogen and oxygen atoms in total. The molecule has 2 N–H and O–H groups in total. The van der Waals surface area contributed by atoms with Crippen LogP contribution in [0.15, 0.2) is 16.6 Å². The van der Waals surface area contributed by atoms with Crippen molar-refractivity contribution in [1.82, 2.24) is 20.6 Å². The van der Waals surface area contributed by atoms with E-state index < -0.39 is 11.4 Å². The third kappa shape index (κ3) is 2.35. The summed E-state index contributed by atoms with van der Waals surface area (Å²) >= 11 is 9.17. The monoisotopic (exact) mass is 413 g/mol. The number of benzene rings is 1. The summed E-state index contributed by atoms with van der Waals surface area (Å²) in [4.78, 5) is 22.4. The molecule has 2 aromatic rings. The van der Waals surface area contributed by atoms with Crippen LogP contribution in [0.5, 0.6) is 0 Å². The Morgan fingerprint density at radius 1 is 1.33 bits per heavy atom. The summed E-state index contributed by atoms with van der Waals surface area (Å²) in [5.41, 5.74) is -0.332. The Balaban J connectivity index is 1.94. The molecule has 24 heavy (non-hydrogen) atoms. The second-order valence-electron chi connectivity index (χ2n) is 6.07. The maximum Gasteiger partial charge on any atom is 0.323 e. The Hall–Kier alpha value is -1.51. The van der Waals surface area contributed by atoms with Gasteiger partial charge in [-0.2, -0.15) is 4.98 Å². The van der Waals surface area contributed by atoms with Crippen molar-refractivity contribution in [3.8, 4) is 0 Å². The van der Waals surface area contributed by atoms with Gasteiger partial charge in [0, 0.05) is 18.5 Å². The number of fused-ring (bicyclic) bond motifs is 1. The molecule has 0 bridgehead atoms. The Labute approximate surface area is 150 Å². The summed E-state index contributed by atoms with van der Waals surface area (Å²) in [6.07, 6.45) is 1.78. The molecule has 9 heteroatoms. The van der Waals surface area contributed by atoms with Crippen molar-refractivity contribution in [3.05, 3.63) is 27.7 Å². The number of anilines is 1. The molecule has 2 aliphatic heterocycles. The first-order valence-corrected chi connectivity index (χ1v) is 8.79. The van der Waals surface area contributed by atoms with Crippen molar-refractivity contribution in [3.63, 3.8) is 0 Å². The van der Waals surface area contributed by atoms with Crippen molar-refractivity contribution in [2.75, 3.05) is 24.5 Å². The largest absolute Gasteiger partial charge is 0.335 e. The number of nitrogens with one attached hydrogen (secondary N) is 2. The van der Waals surface area contributed by atoms with Crippen molar-refractivity contribution in [2.24, 2.45) is 0 Å². The first-order valence-electron chi connectivity index (χ1n) is 7.62. The zero-order chi connectivity index (χ0) is 16.9. The molecule has 1 atom stereocenters. The number of nitrogens with zero attached hydrogens (tertiary/aromatic N) is 3. The zero-order valence-electron chi connectivity index (χ0n) is 12.6. The predicted molar refractivity (Wildman–Crippen MR) is 92.9 cm³/mol. The minimum Gasteiger partial charge on any atom is -0.335 e. The van der Waals surface area contributed by atoms with Crippen LogP contribution in [-0.2, 0) is 0 Å². The van der Waals surface area contributed by atoms with Crippen LogP contribution in [0.3, 0.4) is 0 Å². The standard InChI is InChI=1S/C15H14BrClFN5O/c16-9-3-2-8-11(10(9)18)21-13(17)22-12(8)23-14(24)20-7-15(23)4-1-5-19-6-15/h2-3,19H,1,4-7H2,(H,20,24). The number of piperidine rings is 1. The quantitative estimate of drug-likeness (QED) is 0.704. The van der Waals surface area contributed by atoms with Crippen LogP contribution < -0.4 is 15.5 Å². The van der Waals surface area contributed by atoms with E-state index in [1.807, 2.05) is 0 Å². The molecule has 0 radical (unpaired) electrons. The molecule has 2 fully saturated rings. The van der Waals surface area contributed by atoms with E-state index in [-0.39, 0.29) is 21.3 Å². The minimum absolute atomic E-state index is 0.0897. The third-order valence-corrected chi connectivity index (χ3v) is 5.40. The van der Waals surface area contributed by atoms with E-state index in [0.29, 0.717) is 24.3 Å². The Morgan fingerprint density at radius 3 is 2.92 bits per heavy atom. The van der Waals surface area contributed by atoms with Gasteiger partial charge in [0.05, 0.1) is 10.0 Å². The molecule has 2 saturated heterocycles. The van der Waals surface area contributed by atoms with E-state index in [4.69, 9.17) is 11.6 Å². The van der Waals surface area contributed by atoms with E-state index >= 15 is 0 Å². The van der Waals surface area contributed by atoms with Crippen LogP contribution >= 0.6 is 27.5 Å². The van der Waals surface area contributed by atoms with E-state index in [0.717, 1.165) is 19.4 Å². The number of amides is 2. The summed E-state index contributed by atoms with van der Waals surface area (Å²) in [6.45, 7) is 2.07. The average Bonchev–Trinajstić information content (AvgIpc) is 2.87. The molecule has 2 aliphatic rings. The number of aromatic nitrogens is 2. The number of hydrogen-bond donors (Lipinski definition) is 2. The second-order valence-corrected chi connectivity index (χ2v) is 7.26. The predicted octanol–water partition coefficient (Wildman–Crippen LogP) is 2.84. The van der Waals surface area contributed by atoms with Gasteiger partial charge in [0.15, 0.2) is 5.82 Å². The molecular weight excluding hydrogens is 401 g/mol. The van der Waals surface area contributed by atoms with E-state index in [1.54, 1.807) is 17.0 Å². The third-order valence-electron chi connectivity index (χ3n) is 4.62. The zero-order valence-corrected chi connectivity index (χ0v) is 14.9. The van der Waals surface area contributed by atoms with Crippen LogP contribution in [0, 0.1) is 5.82 Å². The molecule has 1 aromatic carbocycles. The lowest BCUT2D eigenvalue weighted by atomic mass is 9.89. The fraction of sp³-hybridized carbons (Fsp3) is 0.400. The van der Waals surface area contributed by atoms with Crippen LogP contribution in [0.25, 0.3) is 10.9 Å². The number of carbonyl (C=O) groups excluding carboxylic acids is 1. The Kier molecular flexibility index (Phi) is 3.85. The molecule has 0 saturated carbocycles. The van der Waals surface area contributed by atoms with E-state index in [1.165, 1.54) is 0 Å². The molecule has 3 heterocycles. The fourth-order valence-corrected chi connectivity index (χ4v) is 3.98. The van der Waals surface area contributed by atoms with Crippen molar-refractivity contribution >= 4 is 50.3 Å². The lowest BCUT2D eigenvalue weighted by Crippen LogP contribution is -2.57. The lowest BCUT2D eigenvalue weighted by Gasteiger charge is -2.39. The second kappa shape index (κ2) is 5.79. The molecule has 1 spiro atoms. The van der Waals surface area contributed by atoms with Gasteiger partial charge < -0.3 is 10.6 Å². The summed E-state index contributed by atoms with van der Waals surface area (Å²) in [6, 6.07) is 3.03. The maximum absolute atomic E-state index is 14.4. The molecule has 1 unspecified atom stereocenters. The van der Waals surface area contributed by atoms with E-state index in [9.17, 15) is 9.18 Å². The number of rotatable bonds is 1. The molecule has 2 amide bonds. The van der Waals surface area contributed by atoms with Gasteiger partial charge in [-0.05, 0) is 59.1 Å². The van der Waals surface area contributed by atoms with Crippen molar-refractivity contribution in [2.45, 2.75) is 18.4 Å². The minimum atomic E-state index is -0.520. The molecule has 126 valence electrons. The summed E-state index contributed by atoms with van der Waals surface area (Å²) < 4.78 is 14.7. The SMILES string of the molecule is O=C1NCC2(CCCNC2)N1c1nc(Cl)nc2c(F)c(Br)ccc12. The van der Waals surface area contributed by atoms with Crippen LogP contribution in [-0.4, -0.2) is 41.2 Å². The fourth-order valence-electron chi connectivity index (χ4n) is 3.49. The van der Waals surface area contributed by atoms with Gasteiger partial charge in [0.2, 0.25) is 5.28 Å². The highest BCUT2D eigenvalue weighted by Crippen LogP contribution is 2.37. The normalized spacial score (nSPS) is 24.0. The maximum atomic E-state index is 14.4. The van der Waals surface area contributed by atoms with Gasteiger partial charge in [0.25, 0.3) is 0 Å². The number of hydrogen-bond acceptors (Lipinski definition) is 4. The average molecular weight is 415 g/mol. The van der Waals surface area contributed by atoms with Gasteiger partial charge in [-0.25, -0.2) is 14.2 Å². The van der Waals surface area contributed by atoms with Crippen molar-refractivity contribution in [1.29, 1.82) is 0 Å². The summed E-state index contributed by atoms with van der Waals surface area (Å²) in [5.74, 6) is -0.177. The first kappa shape index (κ1) is 16.0. The van der Waals surface area contributed by atoms with Crippen LogP contribution in [0.2, 0.25) is 5.28 Å². The number of carbonyl (C=O) groups is 1. The number of halogens is 3. The Morgan fingerprint density at radius 2 is 2.17 bits per heavy atom. The number of urea groups is 1. The topological polar surface area (TPSA) is 70.2 Å². The van der Waals surface area contributed by atoms with Gasteiger partial charge >= 0.3 is 6.03 Å². The first-order chi connectivity index (χ1) is 11.5. The van der Waals surface area contributed by atoms with E-state index in [2.05, 4.69) is 36.5 Å². The molecular formula is C15H14BrClFN5O.